The highest BCUT2D eigenvalue weighted by Crippen LogP contribution is 2.28. The van der Waals surface area contributed by atoms with Gasteiger partial charge >= 0.3 is 5.82 Å². The van der Waals surface area contributed by atoms with Crippen LogP contribution in [-0.2, 0) is 7.05 Å². The summed E-state index contributed by atoms with van der Waals surface area (Å²) in [5.74, 6) is 0.896. The molecule has 8 heteroatoms. The number of hydrogen-bond donors (Lipinski definition) is 1. The third kappa shape index (κ3) is 2.27. The standard InChI is InChI=1S/C12H16N4O3.ClH/c1-14-10(2-3-11(14)16(18)19)12(17)15-6-8-4-13-5-9(8)7-15;/h2-3,8-9,13H,4-7H2,1H3;1H/t8-,9+;. The first-order chi connectivity index (χ1) is 9.08. The molecular formula is C12H17ClN4O3. The fraction of sp³-hybridized carbons (Fsp3) is 0.583. The number of likely N-dealkylation sites (tertiary alicyclic amines) is 1. The van der Waals surface area contributed by atoms with Crippen molar-refractivity contribution in [2.24, 2.45) is 18.9 Å². The van der Waals surface area contributed by atoms with Crippen LogP contribution in [0.2, 0.25) is 0 Å². The molecule has 7 nitrogen and oxygen atoms in total. The Bertz CT molecular complexity index is 533. The van der Waals surface area contributed by atoms with Crippen LogP contribution < -0.4 is 5.32 Å². The predicted octanol–water partition coefficient (Wildman–Crippen LogP) is 0.646. The first kappa shape index (κ1) is 14.8. The van der Waals surface area contributed by atoms with Gasteiger partial charge in [-0.05, 0) is 22.8 Å². The maximum atomic E-state index is 12.4. The number of halogens is 1. The molecule has 110 valence electrons. The van der Waals surface area contributed by atoms with Crippen molar-refractivity contribution in [3.63, 3.8) is 0 Å². The van der Waals surface area contributed by atoms with E-state index >= 15 is 0 Å². The molecule has 2 saturated heterocycles. The molecule has 20 heavy (non-hydrogen) atoms. The quantitative estimate of drug-likeness (QED) is 0.642. The molecule has 3 heterocycles. The van der Waals surface area contributed by atoms with Gasteiger partial charge in [-0.2, -0.15) is 0 Å². The second-order valence-corrected chi connectivity index (χ2v) is 5.28. The number of nitrogens with one attached hydrogen (secondary N) is 1. The average Bonchev–Trinajstić information content (AvgIpc) is 3.00. The van der Waals surface area contributed by atoms with Crippen LogP contribution in [0.4, 0.5) is 5.82 Å². The molecule has 1 amide bonds. The Kier molecular flexibility index (Phi) is 4.01. The van der Waals surface area contributed by atoms with E-state index in [4.69, 9.17) is 0 Å². The fourth-order valence-corrected chi connectivity index (χ4v) is 3.08. The van der Waals surface area contributed by atoms with Crippen molar-refractivity contribution in [2.75, 3.05) is 26.2 Å². The molecule has 0 radical (unpaired) electrons. The van der Waals surface area contributed by atoms with Crippen molar-refractivity contribution in [1.82, 2.24) is 14.8 Å². The van der Waals surface area contributed by atoms with Gasteiger partial charge in [0, 0.05) is 32.2 Å². The molecule has 1 aromatic heterocycles. The molecule has 0 spiro atoms. The average molecular weight is 301 g/mol. The predicted molar refractivity (Wildman–Crippen MR) is 75.1 cm³/mol. The lowest BCUT2D eigenvalue weighted by molar-refractivity contribution is -0.391. The van der Waals surface area contributed by atoms with Crippen molar-refractivity contribution in [3.8, 4) is 0 Å². The monoisotopic (exact) mass is 300 g/mol. The molecule has 2 aliphatic heterocycles. The van der Waals surface area contributed by atoms with Crippen LogP contribution >= 0.6 is 12.4 Å². The van der Waals surface area contributed by atoms with E-state index in [9.17, 15) is 14.9 Å². The fourth-order valence-electron chi connectivity index (χ4n) is 3.08. The van der Waals surface area contributed by atoms with Gasteiger partial charge in [-0.1, -0.05) is 0 Å². The summed E-state index contributed by atoms with van der Waals surface area (Å²) >= 11 is 0. The molecule has 0 saturated carbocycles. The van der Waals surface area contributed by atoms with Crippen LogP contribution in [0.25, 0.3) is 0 Å². The Balaban J connectivity index is 0.00000147. The summed E-state index contributed by atoms with van der Waals surface area (Å²) in [6.45, 7) is 3.41. The van der Waals surface area contributed by atoms with Crippen molar-refractivity contribution >= 4 is 24.1 Å². The van der Waals surface area contributed by atoms with Crippen LogP contribution in [-0.4, -0.2) is 46.5 Å². The Morgan fingerprint density at radius 2 is 1.95 bits per heavy atom. The zero-order valence-electron chi connectivity index (χ0n) is 11.1. The van der Waals surface area contributed by atoms with E-state index in [1.54, 1.807) is 7.05 Å². The number of carbonyl (C=O) groups is 1. The SMILES string of the molecule is Cl.Cn1c(C(=O)N2C[C@H]3CNC[C@H]3C2)ccc1[N+](=O)[O-]. The Morgan fingerprint density at radius 1 is 1.35 bits per heavy atom. The largest absolute Gasteiger partial charge is 0.358 e. The summed E-state index contributed by atoms with van der Waals surface area (Å²) < 4.78 is 1.36. The third-order valence-electron chi connectivity index (χ3n) is 4.18. The summed E-state index contributed by atoms with van der Waals surface area (Å²) in [4.78, 5) is 24.5. The summed E-state index contributed by atoms with van der Waals surface area (Å²) in [6.07, 6.45) is 0. The molecule has 2 atom stereocenters. The van der Waals surface area contributed by atoms with Gasteiger partial charge in [0.15, 0.2) is 5.69 Å². The van der Waals surface area contributed by atoms with Gasteiger partial charge in [-0.15, -0.1) is 12.4 Å². The number of hydrogen-bond acceptors (Lipinski definition) is 4. The summed E-state index contributed by atoms with van der Waals surface area (Å²) in [6, 6.07) is 2.92. The Morgan fingerprint density at radius 3 is 2.45 bits per heavy atom. The molecule has 1 aromatic rings. The van der Waals surface area contributed by atoms with Gasteiger partial charge in [0.25, 0.3) is 5.91 Å². The molecule has 0 aliphatic carbocycles. The van der Waals surface area contributed by atoms with Crippen molar-refractivity contribution in [1.29, 1.82) is 0 Å². The maximum absolute atomic E-state index is 12.4. The topological polar surface area (TPSA) is 80.4 Å². The minimum absolute atomic E-state index is 0. The zero-order chi connectivity index (χ0) is 13.6. The number of amides is 1. The first-order valence-corrected chi connectivity index (χ1v) is 6.38. The number of nitrogens with zero attached hydrogens (tertiary/aromatic N) is 3. The van der Waals surface area contributed by atoms with E-state index in [0.717, 1.165) is 26.2 Å². The second kappa shape index (κ2) is 5.41. The van der Waals surface area contributed by atoms with Crippen LogP contribution in [0.3, 0.4) is 0 Å². The molecule has 2 aliphatic rings. The van der Waals surface area contributed by atoms with Crippen LogP contribution in [0.5, 0.6) is 0 Å². The number of fused-ring (bicyclic) bond motifs is 1. The van der Waals surface area contributed by atoms with E-state index in [1.807, 2.05) is 4.90 Å². The van der Waals surface area contributed by atoms with Gasteiger partial charge in [-0.3, -0.25) is 4.79 Å². The summed E-state index contributed by atoms with van der Waals surface area (Å²) in [7, 11) is 1.56. The van der Waals surface area contributed by atoms with E-state index in [2.05, 4.69) is 5.32 Å². The molecular weight excluding hydrogens is 284 g/mol. The molecule has 0 unspecified atom stereocenters. The number of rotatable bonds is 2. The normalized spacial score (nSPS) is 24.4. The van der Waals surface area contributed by atoms with Gasteiger partial charge in [0.2, 0.25) is 0 Å². The third-order valence-corrected chi connectivity index (χ3v) is 4.18. The second-order valence-electron chi connectivity index (χ2n) is 5.28. The van der Waals surface area contributed by atoms with Gasteiger partial charge in [0.05, 0.1) is 7.05 Å². The highest BCUT2D eigenvalue weighted by Gasteiger charge is 2.39. The minimum Gasteiger partial charge on any atom is -0.358 e. The number of nitro groups is 1. The molecule has 3 rings (SSSR count). The van der Waals surface area contributed by atoms with Crippen molar-refractivity contribution in [3.05, 3.63) is 27.9 Å². The summed E-state index contributed by atoms with van der Waals surface area (Å²) in [5, 5.41) is 14.1. The minimum atomic E-state index is -0.473. The lowest BCUT2D eigenvalue weighted by atomic mass is 10.0. The van der Waals surface area contributed by atoms with E-state index < -0.39 is 4.92 Å². The van der Waals surface area contributed by atoms with Gasteiger partial charge in [-0.25, -0.2) is 4.57 Å². The van der Waals surface area contributed by atoms with E-state index in [-0.39, 0.29) is 24.1 Å². The molecule has 2 fully saturated rings. The van der Waals surface area contributed by atoms with Gasteiger partial charge < -0.3 is 20.3 Å². The van der Waals surface area contributed by atoms with E-state index in [0.29, 0.717) is 17.5 Å². The van der Waals surface area contributed by atoms with Crippen molar-refractivity contribution in [2.45, 2.75) is 0 Å². The zero-order valence-corrected chi connectivity index (χ0v) is 11.9. The maximum Gasteiger partial charge on any atom is 0.323 e. The van der Waals surface area contributed by atoms with E-state index in [1.165, 1.54) is 16.7 Å². The van der Waals surface area contributed by atoms with Crippen LogP contribution in [0.1, 0.15) is 10.5 Å². The Labute approximate surface area is 122 Å². The Hall–Kier alpha value is -1.60. The molecule has 0 aromatic carbocycles. The first-order valence-electron chi connectivity index (χ1n) is 6.38. The smallest absolute Gasteiger partial charge is 0.323 e. The molecule has 1 N–H and O–H groups in total. The number of aromatic nitrogens is 1. The van der Waals surface area contributed by atoms with Crippen LogP contribution in [0, 0.1) is 22.0 Å². The van der Waals surface area contributed by atoms with Crippen LogP contribution in [0.15, 0.2) is 12.1 Å². The summed E-state index contributed by atoms with van der Waals surface area (Å²) in [5.41, 5.74) is 0.389. The lowest BCUT2D eigenvalue weighted by Gasteiger charge is -2.16. The number of carbonyl (C=O) groups excluding carboxylic acids is 1. The van der Waals surface area contributed by atoms with Crippen molar-refractivity contribution < 1.29 is 9.72 Å². The highest BCUT2D eigenvalue weighted by molar-refractivity contribution is 5.93. The lowest BCUT2D eigenvalue weighted by Crippen LogP contribution is -2.33. The molecule has 0 bridgehead atoms. The highest BCUT2D eigenvalue weighted by atomic mass is 35.5. The van der Waals surface area contributed by atoms with Gasteiger partial charge in [0.1, 0.15) is 0 Å².